The molecule has 2 heteroatoms. The Hall–Kier alpha value is -0.0800. The second kappa shape index (κ2) is 3.21. The quantitative estimate of drug-likeness (QED) is 0.739. The molecule has 80 valence electrons. The SMILES string of the molecule is NC1(CN2CCC(C3CC3)C2)CCC1. The molecule has 3 aliphatic rings. The van der Waals surface area contributed by atoms with E-state index in [4.69, 9.17) is 5.73 Å². The van der Waals surface area contributed by atoms with Crippen molar-refractivity contribution in [3.8, 4) is 0 Å². The maximum atomic E-state index is 6.28. The molecule has 1 unspecified atom stereocenters. The van der Waals surface area contributed by atoms with E-state index in [0.29, 0.717) is 0 Å². The van der Waals surface area contributed by atoms with Gasteiger partial charge in [-0.25, -0.2) is 0 Å². The van der Waals surface area contributed by atoms with Crippen LogP contribution in [0.25, 0.3) is 0 Å². The lowest BCUT2D eigenvalue weighted by Gasteiger charge is -2.41. The van der Waals surface area contributed by atoms with E-state index in [2.05, 4.69) is 4.90 Å². The van der Waals surface area contributed by atoms with E-state index in [9.17, 15) is 0 Å². The molecular formula is C12H22N2. The molecule has 1 saturated heterocycles. The number of likely N-dealkylation sites (tertiary alicyclic amines) is 1. The van der Waals surface area contributed by atoms with E-state index in [1.54, 1.807) is 0 Å². The van der Waals surface area contributed by atoms with Gasteiger partial charge in [0.05, 0.1) is 0 Å². The third kappa shape index (κ3) is 1.70. The molecule has 0 bridgehead atoms. The van der Waals surface area contributed by atoms with Gasteiger partial charge < -0.3 is 10.6 Å². The molecule has 1 aliphatic heterocycles. The van der Waals surface area contributed by atoms with Gasteiger partial charge in [0.15, 0.2) is 0 Å². The molecule has 3 rings (SSSR count). The van der Waals surface area contributed by atoms with Crippen molar-refractivity contribution < 1.29 is 0 Å². The van der Waals surface area contributed by atoms with Crippen LogP contribution in [0.5, 0.6) is 0 Å². The molecule has 2 N–H and O–H groups in total. The van der Waals surface area contributed by atoms with Gasteiger partial charge in [-0.05, 0) is 56.9 Å². The topological polar surface area (TPSA) is 29.3 Å². The lowest BCUT2D eigenvalue weighted by Crippen LogP contribution is -2.54. The fourth-order valence-electron chi connectivity index (χ4n) is 3.19. The average Bonchev–Trinajstić information content (AvgIpc) is 2.86. The highest BCUT2D eigenvalue weighted by Gasteiger charge is 2.39. The molecule has 0 aromatic rings. The standard InChI is InChI=1S/C12H22N2/c13-12(5-1-6-12)9-14-7-4-11(8-14)10-2-3-10/h10-11H,1-9,13H2. The molecule has 3 fully saturated rings. The minimum atomic E-state index is 0.207. The predicted molar refractivity (Wildman–Crippen MR) is 58.0 cm³/mol. The first-order chi connectivity index (χ1) is 6.75. The molecule has 1 atom stereocenters. The van der Waals surface area contributed by atoms with E-state index >= 15 is 0 Å². The first kappa shape index (κ1) is 9.17. The van der Waals surface area contributed by atoms with Crippen molar-refractivity contribution in [2.24, 2.45) is 17.6 Å². The van der Waals surface area contributed by atoms with Crippen molar-refractivity contribution in [1.82, 2.24) is 4.90 Å². The van der Waals surface area contributed by atoms with Crippen molar-refractivity contribution in [2.75, 3.05) is 19.6 Å². The van der Waals surface area contributed by atoms with Gasteiger partial charge in [0, 0.05) is 18.6 Å². The highest BCUT2D eigenvalue weighted by molar-refractivity contribution is 4.97. The summed E-state index contributed by atoms with van der Waals surface area (Å²) in [5, 5.41) is 0. The third-order valence-electron chi connectivity index (χ3n) is 4.49. The molecule has 0 aromatic heterocycles. The van der Waals surface area contributed by atoms with Gasteiger partial charge in [-0.3, -0.25) is 0 Å². The summed E-state index contributed by atoms with van der Waals surface area (Å²) in [5.74, 6) is 2.12. The van der Waals surface area contributed by atoms with Crippen LogP contribution >= 0.6 is 0 Å². The largest absolute Gasteiger partial charge is 0.324 e. The van der Waals surface area contributed by atoms with E-state index in [-0.39, 0.29) is 5.54 Å². The summed E-state index contributed by atoms with van der Waals surface area (Å²) in [6.45, 7) is 3.85. The molecule has 2 nitrogen and oxygen atoms in total. The Morgan fingerprint density at radius 3 is 2.50 bits per heavy atom. The predicted octanol–water partition coefficient (Wildman–Crippen LogP) is 1.60. The molecule has 14 heavy (non-hydrogen) atoms. The highest BCUT2D eigenvalue weighted by Crippen LogP contribution is 2.42. The third-order valence-corrected chi connectivity index (χ3v) is 4.49. The molecule has 0 aromatic carbocycles. The molecule has 2 saturated carbocycles. The van der Waals surface area contributed by atoms with E-state index < -0.39 is 0 Å². The fraction of sp³-hybridized carbons (Fsp3) is 1.00. The molecule has 2 aliphatic carbocycles. The van der Waals surface area contributed by atoms with Gasteiger partial charge in [-0.2, -0.15) is 0 Å². The van der Waals surface area contributed by atoms with Crippen LogP contribution in [-0.2, 0) is 0 Å². The zero-order valence-corrected chi connectivity index (χ0v) is 9.04. The van der Waals surface area contributed by atoms with Crippen LogP contribution in [0, 0.1) is 11.8 Å². The van der Waals surface area contributed by atoms with Crippen molar-refractivity contribution in [1.29, 1.82) is 0 Å². The number of hydrogen-bond acceptors (Lipinski definition) is 2. The molecule has 0 spiro atoms. The Morgan fingerprint density at radius 1 is 1.14 bits per heavy atom. The van der Waals surface area contributed by atoms with Crippen LogP contribution < -0.4 is 5.73 Å². The first-order valence-corrected chi connectivity index (χ1v) is 6.26. The van der Waals surface area contributed by atoms with E-state index in [1.165, 1.54) is 58.2 Å². The molecule has 0 amide bonds. The maximum Gasteiger partial charge on any atom is 0.0283 e. The fourth-order valence-corrected chi connectivity index (χ4v) is 3.19. The van der Waals surface area contributed by atoms with Crippen molar-refractivity contribution >= 4 is 0 Å². The second-order valence-corrected chi connectivity index (χ2v) is 5.84. The van der Waals surface area contributed by atoms with Crippen LogP contribution in [0.15, 0.2) is 0 Å². The number of rotatable bonds is 3. The summed E-state index contributed by atoms with van der Waals surface area (Å²) in [5.41, 5.74) is 6.48. The van der Waals surface area contributed by atoms with Gasteiger partial charge in [0.1, 0.15) is 0 Å². The highest BCUT2D eigenvalue weighted by atomic mass is 15.2. The summed E-state index contributed by atoms with van der Waals surface area (Å²) >= 11 is 0. The smallest absolute Gasteiger partial charge is 0.0283 e. The molecule has 0 radical (unpaired) electrons. The van der Waals surface area contributed by atoms with Crippen LogP contribution in [0.1, 0.15) is 38.5 Å². The van der Waals surface area contributed by atoms with Gasteiger partial charge >= 0.3 is 0 Å². The van der Waals surface area contributed by atoms with Crippen LogP contribution in [0.2, 0.25) is 0 Å². The van der Waals surface area contributed by atoms with Crippen LogP contribution in [0.4, 0.5) is 0 Å². The Kier molecular flexibility index (Phi) is 2.10. The summed E-state index contributed by atoms with van der Waals surface area (Å²) < 4.78 is 0. The Labute approximate surface area is 86.8 Å². The lowest BCUT2D eigenvalue weighted by atomic mass is 9.77. The van der Waals surface area contributed by atoms with Crippen molar-refractivity contribution in [2.45, 2.75) is 44.1 Å². The normalized spacial score (nSPS) is 37.1. The summed E-state index contributed by atoms with van der Waals surface area (Å²) in [6, 6.07) is 0. The molecule has 1 heterocycles. The summed E-state index contributed by atoms with van der Waals surface area (Å²) in [6.07, 6.45) is 8.34. The van der Waals surface area contributed by atoms with Gasteiger partial charge in [0.2, 0.25) is 0 Å². The van der Waals surface area contributed by atoms with Crippen molar-refractivity contribution in [3.05, 3.63) is 0 Å². The van der Waals surface area contributed by atoms with Crippen LogP contribution in [-0.4, -0.2) is 30.1 Å². The number of nitrogens with zero attached hydrogens (tertiary/aromatic N) is 1. The Morgan fingerprint density at radius 2 is 1.93 bits per heavy atom. The van der Waals surface area contributed by atoms with Gasteiger partial charge in [-0.1, -0.05) is 0 Å². The zero-order valence-electron chi connectivity index (χ0n) is 9.04. The molecular weight excluding hydrogens is 172 g/mol. The minimum absolute atomic E-state index is 0.207. The number of hydrogen-bond donors (Lipinski definition) is 1. The van der Waals surface area contributed by atoms with E-state index in [1.807, 2.05) is 0 Å². The average molecular weight is 194 g/mol. The maximum absolute atomic E-state index is 6.28. The first-order valence-electron chi connectivity index (χ1n) is 6.26. The Balaban J connectivity index is 1.50. The van der Waals surface area contributed by atoms with Gasteiger partial charge in [0.25, 0.3) is 0 Å². The van der Waals surface area contributed by atoms with Gasteiger partial charge in [-0.15, -0.1) is 0 Å². The van der Waals surface area contributed by atoms with Crippen LogP contribution in [0.3, 0.4) is 0 Å². The summed E-state index contributed by atoms with van der Waals surface area (Å²) in [4.78, 5) is 2.63. The van der Waals surface area contributed by atoms with E-state index in [0.717, 1.165) is 11.8 Å². The minimum Gasteiger partial charge on any atom is -0.324 e. The monoisotopic (exact) mass is 194 g/mol. The summed E-state index contributed by atoms with van der Waals surface area (Å²) in [7, 11) is 0. The lowest BCUT2D eigenvalue weighted by molar-refractivity contribution is 0.160. The Bertz CT molecular complexity index is 218. The van der Waals surface area contributed by atoms with Crippen molar-refractivity contribution in [3.63, 3.8) is 0 Å². The second-order valence-electron chi connectivity index (χ2n) is 5.84. The zero-order chi connectivity index (χ0) is 9.60. The number of nitrogens with two attached hydrogens (primary N) is 1.